The third-order valence-electron chi connectivity index (χ3n) is 5.18. The molecule has 0 bridgehead atoms. The summed E-state index contributed by atoms with van der Waals surface area (Å²) in [7, 11) is -3.21. The largest absolute Gasteiger partial charge is 0.348 e. The van der Waals surface area contributed by atoms with Gasteiger partial charge in [0, 0.05) is 18.8 Å². The maximum atomic E-state index is 12.5. The molecule has 7 heteroatoms. The molecule has 1 unspecified atom stereocenters. The number of hydrogen-bond donors (Lipinski definition) is 2. The summed E-state index contributed by atoms with van der Waals surface area (Å²) in [5.41, 5.74) is 3.46. The lowest BCUT2D eigenvalue weighted by Crippen LogP contribution is -2.23. The molecule has 0 saturated heterocycles. The molecular weight excluding hydrogens is 374 g/mol. The van der Waals surface area contributed by atoms with E-state index in [0.717, 1.165) is 16.8 Å². The summed E-state index contributed by atoms with van der Waals surface area (Å²) in [5.74, 6) is 0.301. The molecular formula is C21H27N3O3S. The van der Waals surface area contributed by atoms with E-state index in [1.54, 1.807) is 37.4 Å². The second kappa shape index (κ2) is 8.01. The fourth-order valence-electron chi connectivity index (χ4n) is 3.44. The third-order valence-corrected chi connectivity index (χ3v) is 6.94. The van der Waals surface area contributed by atoms with E-state index < -0.39 is 9.84 Å². The van der Waals surface area contributed by atoms with Crippen LogP contribution in [0.1, 0.15) is 67.0 Å². The molecule has 1 aromatic carbocycles. The molecule has 28 heavy (non-hydrogen) atoms. The number of nitrogens with zero attached hydrogens (tertiary/aromatic N) is 1. The average Bonchev–Trinajstić information content (AvgIpc) is 3.03. The van der Waals surface area contributed by atoms with Crippen molar-refractivity contribution in [3.05, 3.63) is 58.9 Å². The number of fused-ring (bicyclic) bond motifs is 1. The van der Waals surface area contributed by atoms with Crippen molar-refractivity contribution in [2.24, 2.45) is 5.92 Å². The molecule has 3 rings (SSSR count). The highest BCUT2D eigenvalue weighted by molar-refractivity contribution is 7.91. The zero-order valence-corrected chi connectivity index (χ0v) is 17.5. The summed E-state index contributed by atoms with van der Waals surface area (Å²) < 4.78 is 23.7. The zero-order valence-electron chi connectivity index (χ0n) is 16.7. The van der Waals surface area contributed by atoms with Crippen molar-refractivity contribution in [3.8, 4) is 0 Å². The van der Waals surface area contributed by atoms with Gasteiger partial charge in [0.2, 0.25) is 0 Å². The maximum Gasteiger partial charge on any atom is 0.253 e. The second-order valence-corrected chi connectivity index (χ2v) is 9.82. The van der Waals surface area contributed by atoms with Gasteiger partial charge in [0.15, 0.2) is 9.84 Å². The molecule has 2 N–H and O–H groups in total. The number of nitrogens with one attached hydrogen (secondary N) is 2. The number of carbonyl (C=O) groups is 1. The summed E-state index contributed by atoms with van der Waals surface area (Å²) in [6.07, 6.45) is 1.63. The van der Waals surface area contributed by atoms with Gasteiger partial charge in [-0.2, -0.15) is 0 Å². The Hall–Kier alpha value is -2.25. The lowest BCUT2D eigenvalue weighted by molar-refractivity contribution is 0.0950. The monoisotopic (exact) mass is 401 g/mol. The van der Waals surface area contributed by atoms with Crippen molar-refractivity contribution in [2.75, 3.05) is 5.75 Å². The van der Waals surface area contributed by atoms with E-state index in [0.29, 0.717) is 22.9 Å². The predicted octanol–water partition coefficient (Wildman–Crippen LogP) is 3.17. The van der Waals surface area contributed by atoms with E-state index in [1.807, 2.05) is 6.07 Å². The summed E-state index contributed by atoms with van der Waals surface area (Å²) >= 11 is 0. The number of amides is 1. The second-order valence-electron chi connectivity index (χ2n) is 7.54. The van der Waals surface area contributed by atoms with E-state index in [4.69, 9.17) is 0 Å². The smallest absolute Gasteiger partial charge is 0.253 e. The lowest BCUT2D eigenvalue weighted by Gasteiger charge is -2.15. The Morgan fingerprint density at radius 3 is 2.54 bits per heavy atom. The van der Waals surface area contributed by atoms with Gasteiger partial charge in [-0.3, -0.25) is 9.78 Å². The van der Waals surface area contributed by atoms with Gasteiger partial charge in [-0.25, -0.2) is 8.42 Å². The number of hydrogen-bond acceptors (Lipinski definition) is 5. The van der Waals surface area contributed by atoms with Gasteiger partial charge >= 0.3 is 0 Å². The minimum absolute atomic E-state index is 0.0688. The Balaban J connectivity index is 1.68. The van der Waals surface area contributed by atoms with Gasteiger partial charge in [-0.15, -0.1) is 0 Å². The topological polar surface area (TPSA) is 88.2 Å². The zero-order chi connectivity index (χ0) is 20.5. The summed E-state index contributed by atoms with van der Waals surface area (Å²) in [6.45, 7) is 8.33. The van der Waals surface area contributed by atoms with Crippen LogP contribution in [0.15, 0.2) is 41.4 Å². The van der Waals surface area contributed by atoms with E-state index in [1.165, 1.54) is 0 Å². The van der Waals surface area contributed by atoms with Gasteiger partial charge in [0.05, 0.1) is 27.9 Å². The predicted molar refractivity (Wildman–Crippen MR) is 109 cm³/mol. The van der Waals surface area contributed by atoms with E-state index >= 15 is 0 Å². The van der Waals surface area contributed by atoms with Crippen LogP contribution >= 0.6 is 0 Å². The van der Waals surface area contributed by atoms with E-state index in [2.05, 4.69) is 36.4 Å². The van der Waals surface area contributed by atoms with Crippen LogP contribution in [0.4, 0.5) is 0 Å². The number of benzene rings is 1. The number of carbonyl (C=O) groups excluding carboxylic acids is 1. The third kappa shape index (κ3) is 4.10. The summed E-state index contributed by atoms with van der Waals surface area (Å²) in [6, 6.07) is 8.89. The van der Waals surface area contributed by atoms with Gasteiger partial charge in [0.25, 0.3) is 5.91 Å². The number of pyridine rings is 1. The van der Waals surface area contributed by atoms with Gasteiger partial charge in [-0.05, 0) is 42.2 Å². The molecule has 1 aliphatic rings. The van der Waals surface area contributed by atoms with Crippen LogP contribution in [0.5, 0.6) is 0 Å². The highest BCUT2D eigenvalue weighted by atomic mass is 32.2. The van der Waals surface area contributed by atoms with Crippen molar-refractivity contribution in [3.63, 3.8) is 0 Å². The fourth-order valence-corrected chi connectivity index (χ4v) is 4.32. The molecule has 1 amide bonds. The molecule has 0 radical (unpaired) electrons. The Morgan fingerprint density at radius 2 is 1.93 bits per heavy atom. The first kappa shape index (κ1) is 20.5. The first-order chi connectivity index (χ1) is 13.2. The van der Waals surface area contributed by atoms with Crippen LogP contribution in [0.25, 0.3) is 0 Å². The van der Waals surface area contributed by atoms with Crippen LogP contribution in [0.3, 0.4) is 0 Å². The highest BCUT2D eigenvalue weighted by Crippen LogP contribution is 2.35. The lowest BCUT2D eigenvalue weighted by atomic mass is 9.99. The van der Waals surface area contributed by atoms with Crippen molar-refractivity contribution in [2.45, 2.75) is 51.2 Å². The van der Waals surface area contributed by atoms with Gasteiger partial charge in [0.1, 0.15) is 0 Å². The normalized spacial score (nSPS) is 18.9. The van der Waals surface area contributed by atoms with Crippen LogP contribution in [0.2, 0.25) is 0 Å². The Kier molecular flexibility index (Phi) is 5.86. The Bertz CT molecular complexity index is 969. The van der Waals surface area contributed by atoms with Crippen LogP contribution in [0, 0.1) is 5.92 Å². The van der Waals surface area contributed by atoms with Crippen LogP contribution in [-0.4, -0.2) is 25.1 Å². The quantitative estimate of drug-likeness (QED) is 0.776. The SMILES string of the molecule is CCS(=O)(=O)c1ccc(CNC(=O)c2cnc3c(c2)C(C)N[C@H]3C(C)C)cc1. The minimum atomic E-state index is -3.21. The average molecular weight is 402 g/mol. The highest BCUT2D eigenvalue weighted by Gasteiger charge is 2.31. The molecule has 2 aromatic rings. The van der Waals surface area contributed by atoms with Crippen LogP contribution in [-0.2, 0) is 16.4 Å². The summed E-state index contributed by atoms with van der Waals surface area (Å²) in [4.78, 5) is 17.4. The molecule has 0 aliphatic carbocycles. The molecule has 6 nitrogen and oxygen atoms in total. The van der Waals surface area contributed by atoms with E-state index in [-0.39, 0.29) is 23.7 Å². The van der Waals surface area contributed by atoms with Gasteiger partial charge < -0.3 is 10.6 Å². The maximum absolute atomic E-state index is 12.5. The minimum Gasteiger partial charge on any atom is -0.348 e. The first-order valence-corrected chi connectivity index (χ1v) is 11.2. The molecule has 1 aliphatic heterocycles. The fraction of sp³-hybridized carbons (Fsp3) is 0.429. The first-order valence-electron chi connectivity index (χ1n) is 9.58. The number of rotatable bonds is 6. The van der Waals surface area contributed by atoms with Crippen molar-refractivity contribution in [1.29, 1.82) is 0 Å². The van der Waals surface area contributed by atoms with Crippen molar-refractivity contribution < 1.29 is 13.2 Å². The molecule has 150 valence electrons. The van der Waals surface area contributed by atoms with Crippen molar-refractivity contribution >= 4 is 15.7 Å². The van der Waals surface area contributed by atoms with E-state index in [9.17, 15) is 13.2 Å². The molecule has 1 aromatic heterocycles. The molecule has 2 heterocycles. The number of aromatic nitrogens is 1. The van der Waals surface area contributed by atoms with Gasteiger partial charge in [-0.1, -0.05) is 32.9 Å². The Labute approximate surface area is 166 Å². The molecule has 0 fully saturated rings. The Morgan fingerprint density at radius 1 is 1.25 bits per heavy atom. The molecule has 2 atom stereocenters. The number of sulfone groups is 1. The summed E-state index contributed by atoms with van der Waals surface area (Å²) in [5, 5.41) is 6.40. The standard InChI is InChI=1S/C21H27N3O3S/c1-5-28(26,27)17-8-6-15(7-9-17)11-23-21(25)16-10-18-14(4)24-19(13(2)3)20(18)22-12-16/h6-10,12-14,19,24H,5,11H2,1-4H3,(H,23,25)/t14?,19-/m0/s1. The van der Waals surface area contributed by atoms with Crippen LogP contribution < -0.4 is 10.6 Å². The molecule has 0 saturated carbocycles. The van der Waals surface area contributed by atoms with Crippen molar-refractivity contribution in [1.82, 2.24) is 15.6 Å². The molecule has 0 spiro atoms.